The van der Waals surface area contributed by atoms with E-state index in [1.165, 1.54) is 29.1 Å². The number of carbonyl (C=O) groups excluding carboxylic acids is 2. The van der Waals surface area contributed by atoms with E-state index in [9.17, 15) is 24.3 Å². The van der Waals surface area contributed by atoms with Crippen LogP contribution in [0.3, 0.4) is 0 Å². The maximum atomic E-state index is 12.4. The summed E-state index contributed by atoms with van der Waals surface area (Å²) < 4.78 is 6.71. The Bertz CT molecular complexity index is 994. The Labute approximate surface area is 220 Å². The number of hydrogen-bond donors (Lipinski definition) is 5. The number of ether oxygens (including phenoxy) is 1. The van der Waals surface area contributed by atoms with Crippen LogP contribution in [0.5, 0.6) is 0 Å². The molecule has 2 amide bonds. The number of nitrogens with one attached hydrogen (secondary N) is 2. The van der Waals surface area contributed by atoms with Gasteiger partial charge in [-0.25, -0.2) is 9.59 Å². The van der Waals surface area contributed by atoms with Crippen molar-refractivity contribution in [1.29, 1.82) is 0 Å². The Morgan fingerprint density at radius 2 is 1.58 bits per heavy atom. The Morgan fingerprint density at radius 3 is 2.14 bits per heavy atom. The molecule has 1 heterocycles. The van der Waals surface area contributed by atoms with Crippen molar-refractivity contribution in [3.63, 3.8) is 0 Å². The lowest BCUT2D eigenvalue weighted by Crippen LogP contribution is -3.00. The number of carboxylic acid groups (broad SMARTS) is 2. The summed E-state index contributed by atoms with van der Waals surface area (Å²) in [6.07, 6.45) is 2.85. The number of pyridine rings is 1. The van der Waals surface area contributed by atoms with Crippen molar-refractivity contribution < 1.29 is 51.1 Å². The molecule has 0 unspecified atom stereocenters. The highest BCUT2D eigenvalue weighted by atomic mass is 35.5. The predicted molar refractivity (Wildman–Crippen MR) is 127 cm³/mol. The van der Waals surface area contributed by atoms with Crippen LogP contribution in [0.1, 0.15) is 35.7 Å². The highest BCUT2D eigenvalue weighted by Crippen LogP contribution is 2.05. The van der Waals surface area contributed by atoms with Gasteiger partial charge in [0.1, 0.15) is 12.1 Å². The number of amides is 2. The van der Waals surface area contributed by atoms with Gasteiger partial charge < -0.3 is 43.7 Å². The molecule has 13 heteroatoms. The summed E-state index contributed by atoms with van der Waals surface area (Å²) in [5.41, 5.74) is 6.66. The molecule has 3 atom stereocenters. The van der Waals surface area contributed by atoms with Crippen LogP contribution < -0.4 is 33.3 Å². The Morgan fingerprint density at radius 1 is 0.972 bits per heavy atom. The van der Waals surface area contributed by atoms with Crippen molar-refractivity contribution in [2.24, 2.45) is 5.73 Å². The number of aromatic nitrogens is 1. The van der Waals surface area contributed by atoms with E-state index in [1.807, 2.05) is 37.3 Å². The molecule has 2 rings (SSSR count). The van der Waals surface area contributed by atoms with Gasteiger partial charge >= 0.3 is 18.0 Å². The lowest BCUT2D eigenvalue weighted by Gasteiger charge is -2.15. The number of alkyl carbamates (subject to hydrolysis) is 1. The molecule has 11 nitrogen and oxygen atoms in total. The van der Waals surface area contributed by atoms with Crippen molar-refractivity contribution in [3.8, 4) is 0 Å². The molecular weight excluding hydrogens is 515 g/mol. The number of carbonyl (C=O) groups is 4. The molecule has 0 bridgehead atoms. The zero-order valence-corrected chi connectivity index (χ0v) is 21.1. The minimum absolute atomic E-state index is 0. The molecule has 0 spiro atoms. The van der Waals surface area contributed by atoms with E-state index >= 15 is 0 Å². The minimum Gasteiger partial charge on any atom is -1.00 e. The van der Waals surface area contributed by atoms with Crippen LogP contribution in [0.15, 0.2) is 54.9 Å². The summed E-state index contributed by atoms with van der Waals surface area (Å²) in [7, 11) is 0. The first-order chi connectivity index (χ1) is 16.2. The summed E-state index contributed by atoms with van der Waals surface area (Å²) in [5, 5.41) is 23.2. The van der Waals surface area contributed by atoms with E-state index in [-0.39, 0.29) is 56.0 Å². The topological polar surface area (TPSA) is 172 Å². The lowest BCUT2D eigenvalue weighted by atomic mass is 10.1. The van der Waals surface area contributed by atoms with E-state index in [0.717, 1.165) is 5.56 Å². The average Bonchev–Trinajstić information content (AvgIpc) is 2.80. The molecule has 1 aromatic heterocycles. The van der Waals surface area contributed by atoms with E-state index in [4.69, 9.17) is 15.6 Å². The first kappa shape index (κ1) is 32.6. The van der Waals surface area contributed by atoms with Crippen molar-refractivity contribution >= 4 is 36.3 Å². The number of carboxylic acids is 2. The van der Waals surface area contributed by atoms with Crippen LogP contribution in [0.2, 0.25) is 0 Å². The van der Waals surface area contributed by atoms with Crippen LogP contribution in [0, 0.1) is 0 Å². The molecular formula is C23H30Cl2N4O7. The first-order valence-corrected chi connectivity index (χ1v) is 10.6. The molecule has 2 aromatic rings. The smallest absolute Gasteiger partial charge is 0.412 e. The molecule has 0 aliphatic heterocycles. The van der Waals surface area contributed by atoms with Gasteiger partial charge in [0.2, 0.25) is 0 Å². The summed E-state index contributed by atoms with van der Waals surface area (Å²) in [5.74, 6) is -3.18. The molecule has 36 heavy (non-hydrogen) atoms. The zero-order valence-electron chi connectivity index (χ0n) is 19.5. The molecule has 6 N–H and O–H groups in total. The summed E-state index contributed by atoms with van der Waals surface area (Å²) in [6, 6.07) is 9.98. The third-order valence-corrected chi connectivity index (χ3v) is 4.93. The molecule has 0 aliphatic rings. The predicted octanol–water partition coefficient (Wildman–Crippen LogP) is -1.91. The molecule has 0 radical (unpaired) electrons. The van der Waals surface area contributed by atoms with Crippen molar-refractivity contribution in [2.45, 2.75) is 51.0 Å². The van der Waals surface area contributed by atoms with Crippen molar-refractivity contribution in [3.05, 3.63) is 66.0 Å². The fraction of sp³-hybridized carbons (Fsp3) is 0.348. The third-order valence-electron chi connectivity index (χ3n) is 4.93. The maximum Gasteiger partial charge on any atom is 0.412 e. The van der Waals surface area contributed by atoms with Crippen LogP contribution in [0.4, 0.5) is 4.79 Å². The fourth-order valence-corrected chi connectivity index (χ4v) is 3.06. The number of halogens is 2. The van der Waals surface area contributed by atoms with Gasteiger partial charge in [-0.05, 0) is 31.7 Å². The number of rotatable bonds is 12. The quantitative estimate of drug-likeness (QED) is 0.192. The second-order valence-corrected chi connectivity index (χ2v) is 7.78. The summed E-state index contributed by atoms with van der Waals surface area (Å²) >= 11 is 0. The fourth-order valence-electron chi connectivity index (χ4n) is 3.06. The monoisotopic (exact) mass is 544 g/mol. The van der Waals surface area contributed by atoms with Crippen LogP contribution in [0.25, 0.3) is 0 Å². The van der Waals surface area contributed by atoms with Crippen LogP contribution in [-0.2, 0) is 27.5 Å². The van der Waals surface area contributed by atoms with Crippen molar-refractivity contribution in [1.82, 2.24) is 10.6 Å². The van der Waals surface area contributed by atoms with Crippen LogP contribution in [-0.4, -0.2) is 52.3 Å². The van der Waals surface area contributed by atoms with E-state index < -0.39 is 36.0 Å². The van der Waals surface area contributed by atoms with Gasteiger partial charge in [0.25, 0.3) is 12.6 Å². The van der Waals surface area contributed by atoms with E-state index in [0.29, 0.717) is 6.42 Å². The highest BCUT2D eigenvalue weighted by Gasteiger charge is 2.23. The highest BCUT2D eigenvalue weighted by molar-refractivity contribution is 5.96. The number of benzene rings is 1. The number of nitrogens with zero attached hydrogens (tertiary/aromatic N) is 1. The van der Waals surface area contributed by atoms with Gasteiger partial charge in [-0.1, -0.05) is 30.3 Å². The number of aliphatic carboxylic acids is 2. The van der Waals surface area contributed by atoms with E-state index in [1.54, 1.807) is 0 Å². The van der Waals surface area contributed by atoms with Gasteiger partial charge in [-0.2, -0.15) is 4.57 Å². The SMILES string of the molecule is C[C@@H](Cc1ccccc1)NC(=O)OC[n+]1ccc(C(=O)N[C@@H](CC[C@H](N)C(=O)O)C(=O)O)cc1.Cl.[Cl-]. The van der Waals surface area contributed by atoms with Gasteiger partial charge in [0, 0.05) is 18.2 Å². The Kier molecular flexibility index (Phi) is 14.8. The Hall–Kier alpha value is -3.41. The molecule has 0 saturated heterocycles. The second kappa shape index (κ2) is 16.3. The molecule has 0 fully saturated rings. The van der Waals surface area contributed by atoms with Gasteiger partial charge in [-0.3, -0.25) is 9.59 Å². The summed E-state index contributed by atoms with van der Waals surface area (Å²) in [6.45, 7) is 1.78. The summed E-state index contributed by atoms with van der Waals surface area (Å²) in [4.78, 5) is 46.5. The lowest BCUT2D eigenvalue weighted by molar-refractivity contribution is -0.727. The minimum atomic E-state index is -1.29. The number of hydrogen-bond acceptors (Lipinski definition) is 6. The first-order valence-electron chi connectivity index (χ1n) is 10.6. The molecule has 0 saturated carbocycles. The van der Waals surface area contributed by atoms with E-state index in [2.05, 4.69) is 10.6 Å². The average molecular weight is 545 g/mol. The molecule has 1 aromatic carbocycles. The molecule has 198 valence electrons. The normalized spacial score (nSPS) is 12.5. The molecule has 0 aliphatic carbocycles. The standard InChI is InChI=1S/C23H28N4O7.2ClH/c1-15(13-16-5-3-2-4-6-16)25-23(33)34-14-27-11-9-17(10-12-27)20(28)26-19(22(31)32)8-7-18(24)21(29)30;;/h2-6,9-12,15,18-19H,7-8,13-14,24H2,1H3,(H3-,25,26,28,29,30,31,32,33);2*1H/t15-,18-,19-;;/m0../s1. The van der Waals surface area contributed by atoms with Gasteiger partial charge in [0.05, 0.1) is 5.56 Å². The largest absolute Gasteiger partial charge is 1.00 e. The van der Waals surface area contributed by atoms with Crippen molar-refractivity contribution in [2.75, 3.05) is 0 Å². The Balaban J connectivity index is 0.00000612. The number of nitrogens with two attached hydrogens (primary N) is 1. The zero-order chi connectivity index (χ0) is 25.1. The second-order valence-electron chi connectivity index (χ2n) is 7.78. The van der Waals surface area contributed by atoms with Gasteiger partial charge in [0.15, 0.2) is 12.4 Å². The third kappa shape index (κ3) is 11.3. The van der Waals surface area contributed by atoms with Gasteiger partial charge in [-0.15, -0.1) is 12.4 Å². The maximum absolute atomic E-state index is 12.4. The van der Waals surface area contributed by atoms with Crippen LogP contribution >= 0.6 is 12.4 Å².